The number of amides is 1. The normalized spacial score (nSPS) is 9.94. The van der Waals surface area contributed by atoms with Crippen molar-refractivity contribution in [1.29, 1.82) is 0 Å². The monoisotopic (exact) mass is 228 g/mol. The lowest BCUT2D eigenvalue weighted by Crippen LogP contribution is -2.13. The summed E-state index contributed by atoms with van der Waals surface area (Å²) in [7, 11) is 0. The van der Waals surface area contributed by atoms with E-state index in [1.165, 1.54) is 18.7 Å². The van der Waals surface area contributed by atoms with Crippen molar-refractivity contribution in [2.24, 2.45) is 0 Å². The van der Waals surface area contributed by atoms with Crippen LogP contribution in [0, 0.1) is 6.92 Å². The van der Waals surface area contributed by atoms with Gasteiger partial charge in [-0.2, -0.15) is 0 Å². The van der Waals surface area contributed by atoms with Crippen molar-refractivity contribution in [2.45, 2.75) is 6.92 Å². The Bertz CT molecular complexity index is 539. The smallest absolute Gasteiger partial charge is 0.258 e. The number of carbonyl (C=O) groups is 1. The number of rotatable bonds is 2. The van der Waals surface area contributed by atoms with Gasteiger partial charge in [0.15, 0.2) is 0 Å². The second kappa shape index (κ2) is 4.61. The number of nitrogens with one attached hydrogen (secondary N) is 1. The lowest BCUT2D eigenvalue weighted by molar-refractivity contribution is 0.102. The Morgan fingerprint density at radius 3 is 2.65 bits per heavy atom. The molecular weight excluding hydrogens is 216 g/mol. The number of hydrogen-bond acceptors (Lipinski definition) is 4. The maximum atomic E-state index is 11.8. The van der Waals surface area contributed by atoms with Gasteiger partial charge in [0.05, 0.1) is 16.9 Å². The molecule has 86 valence electrons. The summed E-state index contributed by atoms with van der Waals surface area (Å²) in [5, 5.41) is 2.71. The van der Waals surface area contributed by atoms with Crippen LogP contribution < -0.4 is 11.1 Å². The van der Waals surface area contributed by atoms with Crippen molar-refractivity contribution in [3.05, 3.63) is 48.0 Å². The number of nitrogen functional groups attached to an aromatic ring is 1. The number of carbonyl (C=O) groups excluding carboxylic acids is 1. The van der Waals surface area contributed by atoms with Crippen molar-refractivity contribution in [2.75, 3.05) is 11.1 Å². The molecule has 1 heterocycles. The third kappa shape index (κ3) is 2.57. The quantitative estimate of drug-likeness (QED) is 0.765. The van der Waals surface area contributed by atoms with E-state index < -0.39 is 0 Å². The van der Waals surface area contributed by atoms with E-state index in [4.69, 9.17) is 5.73 Å². The van der Waals surface area contributed by atoms with Crippen molar-refractivity contribution < 1.29 is 4.79 Å². The summed E-state index contributed by atoms with van der Waals surface area (Å²) in [6, 6.07) is 5.46. The fourth-order valence-electron chi connectivity index (χ4n) is 1.41. The highest BCUT2D eigenvalue weighted by Gasteiger charge is 2.08. The number of anilines is 2. The standard InChI is InChI=1S/C12H12N4O/c1-8-2-3-11(10(13)4-8)16-12(17)9-5-14-7-15-6-9/h2-7H,13H2,1H3,(H,16,17). The van der Waals surface area contributed by atoms with Gasteiger partial charge in [0.1, 0.15) is 6.33 Å². The molecule has 0 fully saturated rings. The molecule has 1 aromatic heterocycles. The van der Waals surface area contributed by atoms with Crippen LogP contribution in [-0.4, -0.2) is 15.9 Å². The summed E-state index contributed by atoms with van der Waals surface area (Å²) >= 11 is 0. The molecule has 17 heavy (non-hydrogen) atoms. The van der Waals surface area contributed by atoms with Crippen LogP contribution in [0.1, 0.15) is 15.9 Å². The minimum absolute atomic E-state index is 0.277. The van der Waals surface area contributed by atoms with E-state index in [2.05, 4.69) is 15.3 Å². The molecule has 0 aliphatic carbocycles. The maximum absolute atomic E-state index is 11.8. The van der Waals surface area contributed by atoms with Crippen molar-refractivity contribution in [1.82, 2.24) is 9.97 Å². The zero-order valence-corrected chi connectivity index (χ0v) is 9.34. The molecule has 2 aromatic rings. The van der Waals surface area contributed by atoms with Gasteiger partial charge in [-0.05, 0) is 24.6 Å². The number of benzene rings is 1. The SMILES string of the molecule is Cc1ccc(NC(=O)c2cncnc2)c(N)c1. The second-order valence-corrected chi connectivity index (χ2v) is 3.67. The Labute approximate surface area is 98.7 Å². The van der Waals surface area contributed by atoms with Crippen molar-refractivity contribution in [3.63, 3.8) is 0 Å². The molecule has 5 heteroatoms. The van der Waals surface area contributed by atoms with Crippen LogP contribution >= 0.6 is 0 Å². The molecule has 0 saturated heterocycles. The van der Waals surface area contributed by atoms with Gasteiger partial charge in [0.2, 0.25) is 0 Å². The summed E-state index contributed by atoms with van der Waals surface area (Å²) in [6.07, 6.45) is 4.27. The molecule has 0 aliphatic heterocycles. The molecule has 0 bridgehead atoms. The Morgan fingerprint density at radius 1 is 1.29 bits per heavy atom. The lowest BCUT2D eigenvalue weighted by Gasteiger charge is -2.08. The van der Waals surface area contributed by atoms with Gasteiger partial charge < -0.3 is 11.1 Å². The molecule has 0 radical (unpaired) electrons. The highest BCUT2D eigenvalue weighted by atomic mass is 16.1. The molecule has 3 N–H and O–H groups in total. The van der Waals surface area contributed by atoms with E-state index in [0.717, 1.165) is 5.56 Å². The fourth-order valence-corrected chi connectivity index (χ4v) is 1.41. The predicted molar refractivity (Wildman–Crippen MR) is 65.6 cm³/mol. The second-order valence-electron chi connectivity index (χ2n) is 3.67. The molecule has 2 rings (SSSR count). The summed E-state index contributed by atoms with van der Waals surface area (Å²) < 4.78 is 0. The van der Waals surface area contributed by atoms with E-state index in [-0.39, 0.29) is 5.91 Å². The van der Waals surface area contributed by atoms with Crippen LogP contribution in [0.15, 0.2) is 36.9 Å². The van der Waals surface area contributed by atoms with E-state index in [9.17, 15) is 4.79 Å². The van der Waals surface area contributed by atoms with Gasteiger partial charge in [-0.25, -0.2) is 9.97 Å². The average Bonchev–Trinajstić information content (AvgIpc) is 2.34. The minimum Gasteiger partial charge on any atom is -0.397 e. The Hall–Kier alpha value is -2.43. The van der Waals surface area contributed by atoms with E-state index >= 15 is 0 Å². The van der Waals surface area contributed by atoms with Gasteiger partial charge in [0, 0.05) is 12.4 Å². The van der Waals surface area contributed by atoms with Crippen LogP contribution in [0.2, 0.25) is 0 Å². The third-order valence-corrected chi connectivity index (χ3v) is 2.28. The van der Waals surface area contributed by atoms with E-state index in [1.807, 2.05) is 13.0 Å². The summed E-state index contributed by atoms with van der Waals surface area (Å²) in [5.41, 5.74) is 8.37. The highest BCUT2D eigenvalue weighted by molar-refractivity contribution is 6.05. The van der Waals surface area contributed by atoms with E-state index in [1.54, 1.807) is 12.1 Å². The molecule has 0 spiro atoms. The summed E-state index contributed by atoms with van der Waals surface area (Å²) in [5.74, 6) is -0.277. The number of aromatic nitrogens is 2. The first-order valence-electron chi connectivity index (χ1n) is 5.09. The van der Waals surface area contributed by atoms with Crippen LogP contribution in [-0.2, 0) is 0 Å². The first-order valence-corrected chi connectivity index (χ1v) is 5.09. The van der Waals surface area contributed by atoms with Crippen molar-refractivity contribution in [3.8, 4) is 0 Å². The molecule has 5 nitrogen and oxygen atoms in total. The van der Waals surface area contributed by atoms with Crippen LogP contribution in [0.25, 0.3) is 0 Å². The number of nitrogens with zero attached hydrogens (tertiary/aromatic N) is 2. The third-order valence-electron chi connectivity index (χ3n) is 2.28. The average molecular weight is 228 g/mol. The molecule has 1 amide bonds. The largest absolute Gasteiger partial charge is 0.397 e. The molecule has 0 saturated carbocycles. The van der Waals surface area contributed by atoms with Gasteiger partial charge in [0.25, 0.3) is 5.91 Å². The van der Waals surface area contributed by atoms with Gasteiger partial charge in [-0.1, -0.05) is 6.07 Å². The highest BCUT2D eigenvalue weighted by Crippen LogP contribution is 2.19. The molecule has 0 atom stereocenters. The number of nitrogens with two attached hydrogens (primary N) is 1. The first-order chi connectivity index (χ1) is 8.16. The molecule has 0 unspecified atom stereocenters. The summed E-state index contributed by atoms with van der Waals surface area (Å²) in [6.45, 7) is 1.94. The predicted octanol–water partition coefficient (Wildman–Crippen LogP) is 1.62. The van der Waals surface area contributed by atoms with Crippen molar-refractivity contribution >= 4 is 17.3 Å². The number of hydrogen-bond donors (Lipinski definition) is 2. The zero-order chi connectivity index (χ0) is 12.3. The Kier molecular flexibility index (Phi) is 3.00. The molecule has 1 aromatic carbocycles. The van der Waals surface area contributed by atoms with Crippen LogP contribution in [0.4, 0.5) is 11.4 Å². The van der Waals surface area contributed by atoms with Crippen LogP contribution in [0.3, 0.4) is 0 Å². The molecular formula is C12H12N4O. The zero-order valence-electron chi connectivity index (χ0n) is 9.34. The van der Waals surface area contributed by atoms with Gasteiger partial charge in [-0.15, -0.1) is 0 Å². The first kappa shape index (κ1) is 11.1. The van der Waals surface area contributed by atoms with E-state index in [0.29, 0.717) is 16.9 Å². The minimum atomic E-state index is -0.277. The number of aryl methyl sites for hydroxylation is 1. The van der Waals surface area contributed by atoms with Gasteiger partial charge in [-0.3, -0.25) is 4.79 Å². The topological polar surface area (TPSA) is 80.9 Å². The fraction of sp³-hybridized carbons (Fsp3) is 0.0833. The Morgan fingerprint density at radius 2 is 2.00 bits per heavy atom. The summed E-state index contributed by atoms with van der Waals surface area (Å²) in [4.78, 5) is 19.4. The molecule has 0 aliphatic rings. The maximum Gasteiger partial charge on any atom is 0.258 e. The van der Waals surface area contributed by atoms with Crippen LogP contribution in [0.5, 0.6) is 0 Å². The Balaban J connectivity index is 2.19. The lowest BCUT2D eigenvalue weighted by atomic mass is 10.2. The van der Waals surface area contributed by atoms with Gasteiger partial charge >= 0.3 is 0 Å².